The molecule has 1 saturated heterocycles. The van der Waals surface area contributed by atoms with E-state index in [0.29, 0.717) is 6.42 Å². The zero-order valence-electron chi connectivity index (χ0n) is 17.9. The summed E-state index contributed by atoms with van der Waals surface area (Å²) in [4.78, 5) is 4.89. The Hall–Kier alpha value is -1.57. The van der Waals surface area contributed by atoms with Crippen LogP contribution < -0.4 is 4.74 Å². The fourth-order valence-corrected chi connectivity index (χ4v) is 3.81. The number of ether oxygens (including phenoxy) is 1. The molecular formula is C24H39N3O. The summed E-state index contributed by atoms with van der Waals surface area (Å²) in [5, 5.41) is 8.74. The number of hydrogen-bond donors (Lipinski definition) is 0. The van der Waals surface area contributed by atoms with Crippen molar-refractivity contribution in [2.75, 3.05) is 39.3 Å². The van der Waals surface area contributed by atoms with Crippen LogP contribution in [0.1, 0.15) is 70.3 Å². The third-order valence-corrected chi connectivity index (χ3v) is 5.63. The van der Waals surface area contributed by atoms with Crippen molar-refractivity contribution in [2.24, 2.45) is 0 Å². The van der Waals surface area contributed by atoms with Crippen molar-refractivity contribution in [3.63, 3.8) is 0 Å². The van der Waals surface area contributed by atoms with Crippen LogP contribution in [0.4, 0.5) is 0 Å². The highest BCUT2D eigenvalue weighted by Gasteiger charge is 2.17. The number of rotatable bonds is 14. The Labute approximate surface area is 172 Å². The molecule has 0 unspecified atom stereocenters. The van der Waals surface area contributed by atoms with E-state index in [1.54, 1.807) is 0 Å². The molecule has 0 bridgehead atoms. The Morgan fingerprint density at radius 1 is 0.893 bits per heavy atom. The van der Waals surface area contributed by atoms with Gasteiger partial charge in [-0.3, -0.25) is 9.80 Å². The maximum Gasteiger partial charge on any atom is 0.123 e. The van der Waals surface area contributed by atoms with E-state index >= 15 is 0 Å². The smallest absolute Gasteiger partial charge is 0.123 e. The summed E-state index contributed by atoms with van der Waals surface area (Å²) >= 11 is 0. The fraction of sp³-hybridized carbons (Fsp3) is 0.708. The summed E-state index contributed by atoms with van der Waals surface area (Å²) in [7, 11) is 0. The summed E-state index contributed by atoms with van der Waals surface area (Å²) < 4.78 is 6.12. The van der Waals surface area contributed by atoms with E-state index in [9.17, 15) is 0 Å². The van der Waals surface area contributed by atoms with Crippen molar-refractivity contribution in [3.8, 4) is 11.8 Å². The molecule has 1 aromatic rings. The first-order valence-corrected chi connectivity index (χ1v) is 11.4. The molecule has 0 aromatic heterocycles. The molecule has 0 aliphatic carbocycles. The Balaban J connectivity index is 1.64. The quantitative estimate of drug-likeness (QED) is 0.411. The molecule has 2 rings (SSSR count). The zero-order valence-corrected chi connectivity index (χ0v) is 17.9. The normalized spacial score (nSPS) is 15.4. The molecule has 156 valence electrons. The van der Waals surface area contributed by atoms with Crippen molar-refractivity contribution in [2.45, 2.75) is 71.3 Å². The van der Waals surface area contributed by atoms with Gasteiger partial charge in [-0.2, -0.15) is 5.26 Å². The molecule has 0 N–H and O–H groups in total. The minimum absolute atomic E-state index is 0.634. The van der Waals surface area contributed by atoms with E-state index in [-0.39, 0.29) is 0 Å². The number of nitriles is 1. The molecule has 28 heavy (non-hydrogen) atoms. The summed E-state index contributed by atoms with van der Waals surface area (Å²) in [5.74, 6) is 1.05. The van der Waals surface area contributed by atoms with Crippen molar-refractivity contribution in [1.82, 2.24) is 9.80 Å². The second-order valence-electron chi connectivity index (χ2n) is 7.96. The highest BCUT2D eigenvalue weighted by atomic mass is 16.5. The molecular weight excluding hydrogens is 346 g/mol. The van der Waals surface area contributed by atoms with Gasteiger partial charge < -0.3 is 4.74 Å². The van der Waals surface area contributed by atoms with E-state index in [4.69, 9.17) is 10.00 Å². The molecule has 4 heteroatoms. The predicted octanol–water partition coefficient (Wildman–Crippen LogP) is 5.24. The van der Waals surface area contributed by atoms with Crippen LogP contribution in [0, 0.1) is 11.3 Å². The maximum absolute atomic E-state index is 8.74. The van der Waals surface area contributed by atoms with Gasteiger partial charge in [0.25, 0.3) is 0 Å². The molecule has 0 atom stereocenters. The molecule has 0 amide bonds. The predicted molar refractivity (Wildman–Crippen MR) is 116 cm³/mol. The molecule has 1 heterocycles. The summed E-state index contributed by atoms with van der Waals surface area (Å²) in [5.41, 5.74) is 1.30. The number of nitrogens with zero attached hydrogens (tertiary/aromatic N) is 3. The van der Waals surface area contributed by atoms with E-state index in [0.717, 1.165) is 58.0 Å². The third-order valence-electron chi connectivity index (χ3n) is 5.63. The lowest BCUT2D eigenvalue weighted by molar-refractivity contribution is 0.128. The van der Waals surface area contributed by atoms with Crippen molar-refractivity contribution in [1.29, 1.82) is 5.26 Å². The zero-order chi connectivity index (χ0) is 19.9. The van der Waals surface area contributed by atoms with Crippen LogP contribution in [0.15, 0.2) is 24.3 Å². The van der Waals surface area contributed by atoms with Crippen LogP contribution in [0.5, 0.6) is 5.75 Å². The van der Waals surface area contributed by atoms with Gasteiger partial charge in [0.15, 0.2) is 0 Å². The van der Waals surface area contributed by atoms with Crippen molar-refractivity contribution in [3.05, 3.63) is 29.8 Å². The van der Waals surface area contributed by atoms with Crippen LogP contribution in [0.2, 0.25) is 0 Å². The molecule has 0 spiro atoms. The van der Waals surface area contributed by atoms with Gasteiger partial charge in [-0.15, -0.1) is 0 Å². The van der Waals surface area contributed by atoms with Gasteiger partial charge in [0.05, 0.1) is 12.7 Å². The molecule has 1 fully saturated rings. The highest BCUT2D eigenvalue weighted by molar-refractivity contribution is 5.33. The van der Waals surface area contributed by atoms with Crippen molar-refractivity contribution >= 4 is 0 Å². The van der Waals surface area contributed by atoms with Crippen LogP contribution >= 0.6 is 0 Å². The number of hydrogen-bond acceptors (Lipinski definition) is 4. The molecule has 1 aliphatic rings. The third kappa shape index (κ3) is 9.08. The first-order chi connectivity index (χ1) is 13.8. The standard InChI is InChI=1S/C24H39N3O/c1-2-3-4-5-6-7-8-11-21-28-24-14-10-9-13-23(24)22-27-19-17-26(18-20-27)16-12-15-25/h9-10,13-14H,2-8,11-12,16-22H2,1H3. The van der Waals surface area contributed by atoms with Gasteiger partial charge in [0.2, 0.25) is 0 Å². The molecule has 0 saturated carbocycles. The number of benzene rings is 1. The Kier molecular flexibility index (Phi) is 11.7. The first-order valence-electron chi connectivity index (χ1n) is 11.4. The lowest BCUT2D eigenvalue weighted by Crippen LogP contribution is -2.46. The number of unbranched alkanes of at least 4 members (excludes halogenated alkanes) is 7. The van der Waals surface area contributed by atoms with E-state index in [1.165, 1.54) is 50.5 Å². The van der Waals surface area contributed by atoms with Gasteiger partial charge in [0, 0.05) is 51.3 Å². The molecule has 4 nitrogen and oxygen atoms in total. The topological polar surface area (TPSA) is 39.5 Å². The number of piperazine rings is 1. The molecule has 0 radical (unpaired) electrons. The summed E-state index contributed by atoms with van der Waals surface area (Å²) in [6, 6.07) is 10.7. The average molecular weight is 386 g/mol. The summed E-state index contributed by atoms with van der Waals surface area (Å²) in [6.07, 6.45) is 11.3. The van der Waals surface area contributed by atoms with Gasteiger partial charge >= 0.3 is 0 Å². The second kappa shape index (κ2) is 14.4. The van der Waals surface area contributed by atoms with Crippen LogP contribution in [0.25, 0.3) is 0 Å². The minimum atomic E-state index is 0.634. The Morgan fingerprint density at radius 2 is 1.54 bits per heavy atom. The maximum atomic E-state index is 8.74. The van der Waals surface area contributed by atoms with Gasteiger partial charge in [0.1, 0.15) is 5.75 Å². The fourth-order valence-electron chi connectivity index (χ4n) is 3.81. The average Bonchev–Trinajstić information content (AvgIpc) is 2.73. The first kappa shape index (κ1) is 22.7. The van der Waals surface area contributed by atoms with Gasteiger partial charge in [-0.1, -0.05) is 70.1 Å². The van der Waals surface area contributed by atoms with Crippen LogP contribution in [0.3, 0.4) is 0 Å². The van der Waals surface area contributed by atoms with Gasteiger partial charge in [-0.25, -0.2) is 0 Å². The number of para-hydroxylation sites is 1. The van der Waals surface area contributed by atoms with E-state index < -0.39 is 0 Å². The van der Waals surface area contributed by atoms with Crippen LogP contribution in [-0.2, 0) is 6.54 Å². The lowest BCUT2D eigenvalue weighted by Gasteiger charge is -2.34. The van der Waals surface area contributed by atoms with Gasteiger partial charge in [-0.05, 0) is 12.5 Å². The van der Waals surface area contributed by atoms with E-state index in [2.05, 4.69) is 47.1 Å². The Bertz CT molecular complexity index is 561. The Morgan fingerprint density at radius 3 is 2.25 bits per heavy atom. The SMILES string of the molecule is CCCCCCCCCCOc1ccccc1CN1CCN(CCC#N)CC1. The van der Waals surface area contributed by atoms with Crippen LogP contribution in [-0.4, -0.2) is 49.1 Å². The summed E-state index contributed by atoms with van der Waals surface area (Å²) in [6.45, 7) is 9.21. The molecule has 1 aromatic carbocycles. The monoisotopic (exact) mass is 385 g/mol. The lowest BCUT2D eigenvalue weighted by atomic mass is 10.1. The largest absolute Gasteiger partial charge is 0.493 e. The minimum Gasteiger partial charge on any atom is -0.493 e. The second-order valence-corrected chi connectivity index (χ2v) is 7.96. The van der Waals surface area contributed by atoms with E-state index in [1.807, 2.05) is 0 Å². The highest BCUT2D eigenvalue weighted by Crippen LogP contribution is 2.21. The van der Waals surface area contributed by atoms with Crippen molar-refractivity contribution < 1.29 is 4.74 Å². The molecule has 1 aliphatic heterocycles.